The Hall–Kier alpha value is -1.72. The monoisotopic (exact) mass is 398 g/mol. The Morgan fingerprint density at radius 2 is 1.10 bits per heavy atom. The molecule has 2 aromatic carbocycles. The zero-order chi connectivity index (χ0) is 20.7. The summed E-state index contributed by atoms with van der Waals surface area (Å²) >= 11 is 0. The van der Waals surface area contributed by atoms with E-state index < -0.39 is 5.79 Å². The van der Waals surface area contributed by atoms with Crippen LogP contribution in [0.2, 0.25) is 0 Å². The number of ether oxygens (including phenoxy) is 2. The van der Waals surface area contributed by atoms with E-state index in [9.17, 15) is 10.2 Å². The molecule has 1 aliphatic rings. The van der Waals surface area contributed by atoms with Gasteiger partial charge >= 0.3 is 0 Å². The summed E-state index contributed by atoms with van der Waals surface area (Å²) < 4.78 is 12.5. The van der Waals surface area contributed by atoms with Gasteiger partial charge in [0, 0.05) is 25.0 Å². The fourth-order valence-electron chi connectivity index (χ4n) is 4.26. The van der Waals surface area contributed by atoms with Gasteiger partial charge in [-0.3, -0.25) is 0 Å². The van der Waals surface area contributed by atoms with Crippen LogP contribution in [0.15, 0.2) is 60.7 Å². The smallest absolute Gasteiger partial charge is 0.163 e. The average Bonchev–Trinajstić information content (AvgIpc) is 3.06. The molecule has 4 heteroatoms. The zero-order valence-corrected chi connectivity index (χ0v) is 17.5. The Morgan fingerprint density at radius 3 is 1.45 bits per heavy atom. The van der Waals surface area contributed by atoms with Gasteiger partial charge in [0.2, 0.25) is 0 Å². The van der Waals surface area contributed by atoms with E-state index in [0.29, 0.717) is 0 Å². The van der Waals surface area contributed by atoms with Crippen LogP contribution in [0.5, 0.6) is 0 Å². The highest BCUT2D eigenvalue weighted by molar-refractivity contribution is 5.15. The maximum Gasteiger partial charge on any atom is 0.163 e. The third kappa shape index (κ3) is 6.13. The Morgan fingerprint density at radius 1 is 0.724 bits per heavy atom. The van der Waals surface area contributed by atoms with Crippen molar-refractivity contribution in [2.24, 2.45) is 11.8 Å². The fourth-order valence-corrected chi connectivity index (χ4v) is 4.26. The van der Waals surface area contributed by atoms with Crippen molar-refractivity contribution < 1.29 is 19.7 Å². The topological polar surface area (TPSA) is 58.9 Å². The van der Waals surface area contributed by atoms with Gasteiger partial charge in [0.15, 0.2) is 5.79 Å². The molecular formula is C25H34O4. The van der Waals surface area contributed by atoms with Crippen LogP contribution in [0, 0.1) is 11.8 Å². The Bertz CT molecular complexity index is 655. The number of aliphatic hydroxyl groups is 2. The van der Waals surface area contributed by atoms with Gasteiger partial charge in [0.1, 0.15) is 0 Å². The van der Waals surface area contributed by atoms with Gasteiger partial charge in [-0.2, -0.15) is 0 Å². The number of aryl methyl sites for hydroxylation is 2. The van der Waals surface area contributed by atoms with Crippen LogP contribution in [-0.2, 0) is 22.3 Å². The zero-order valence-electron chi connectivity index (χ0n) is 17.5. The third-order valence-corrected chi connectivity index (χ3v) is 5.86. The van der Waals surface area contributed by atoms with Gasteiger partial charge in [-0.15, -0.1) is 0 Å². The molecule has 2 unspecified atom stereocenters. The van der Waals surface area contributed by atoms with Crippen LogP contribution >= 0.6 is 0 Å². The molecule has 1 fully saturated rings. The second-order valence-corrected chi connectivity index (χ2v) is 8.50. The lowest BCUT2D eigenvalue weighted by Gasteiger charge is -2.29. The molecular weight excluding hydrogens is 364 g/mol. The summed E-state index contributed by atoms with van der Waals surface area (Å²) in [4.78, 5) is 0. The van der Waals surface area contributed by atoms with E-state index in [4.69, 9.17) is 9.47 Å². The van der Waals surface area contributed by atoms with Crippen molar-refractivity contribution in [2.45, 2.75) is 57.5 Å². The predicted molar refractivity (Wildman–Crippen MR) is 115 cm³/mol. The van der Waals surface area contributed by atoms with Crippen LogP contribution in [0.3, 0.4) is 0 Å². The highest BCUT2D eigenvalue weighted by Gasteiger charge is 2.47. The summed E-state index contributed by atoms with van der Waals surface area (Å²) in [6, 6.07) is 20.6. The summed E-state index contributed by atoms with van der Waals surface area (Å²) in [6.45, 7) is 3.92. The van der Waals surface area contributed by atoms with Gasteiger partial charge in [-0.25, -0.2) is 0 Å². The molecule has 0 aromatic heterocycles. The van der Waals surface area contributed by atoms with Gasteiger partial charge in [-0.05, 0) is 50.7 Å². The lowest BCUT2D eigenvalue weighted by Crippen LogP contribution is -2.40. The fraction of sp³-hybridized carbons (Fsp3) is 0.520. The molecule has 0 saturated carbocycles. The first-order valence-electron chi connectivity index (χ1n) is 10.7. The molecule has 0 amide bonds. The summed E-state index contributed by atoms with van der Waals surface area (Å²) in [5, 5.41) is 20.2. The van der Waals surface area contributed by atoms with Crippen LogP contribution < -0.4 is 0 Å². The molecule has 4 atom stereocenters. The molecule has 1 aliphatic heterocycles. The van der Waals surface area contributed by atoms with Gasteiger partial charge in [0.25, 0.3) is 0 Å². The van der Waals surface area contributed by atoms with E-state index in [1.54, 1.807) is 0 Å². The van der Waals surface area contributed by atoms with E-state index in [2.05, 4.69) is 24.3 Å². The van der Waals surface area contributed by atoms with Crippen molar-refractivity contribution >= 4 is 0 Å². The summed E-state index contributed by atoms with van der Waals surface area (Å²) in [5.41, 5.74) is 2.51. The van der Waals surface area contributed by atoms with Crippen molar-refractivity contribution in [2.75, 3.05) is 13.2 Å². The van der Waals surface area contributed by atoms with Crippen molar-refractivity contribution in [3.63, 3.8) is 0 Å². The molecule has 0 aliphatic carbocycles. The van der Waals surface area contributed by atoms with E-state index in [0.717, 1.165) is 25.7 Å². The van der Waals surface area contributed by atoms with Crippen molar-refractivity contribution in [3.8, 4) is 0 Å². The number of rotatable bonds is 10. The highest BCUT2D eigenvalue weighted by Crippen LogP contribution is 2.38. The number of aliphatic hydroxyl groups excluding tert-OH is 2. The minimum atomic E-state index is -0.713. The Balaban J connectivity index is 1.68. The SMILES string of the molecule is CC1(C)OC([C@H](CO)CCc2ccccc2)C([C@H](CO)CCc2ccccc2)O1. The first kappa shape index (κ1) is 22.0. The molecule has 2 aromatic rings. The van der Waals surface area contributed by atoms with Crippen molar-refractivity contribution in [3.05, 3.63) is 71.8 Å². The standard InChI is InChI=1S/C25H34O4/c1-25(2)28-23(21(17-26)15-13-19-9-5-3-6-10-19)24(29-25)22(18-27)16-14-20-11-7-4-8-12-20/h3-12,21-24,26-27H,13-18H2,1-2H3/t21-,22-,23?,24?/m0/s1. The lowest BCUT2D eigenvalue weighted by molar-refractivity contribution is -0.156. The predicted octanol–water partition coefficient (Wildman–Crippen LogP) is 3.99. The van der Waals surface area contributed by atoms with E-state index in [1.807, 2.05) is 50.2 Å². The van der Waals surface area contributed by atoms with E-state index >= 15 is 0 Å². The Labute approximate surface area is 174 Å². The molecule has 4 nitrogen and oxygen atoms in total. The first-order chi connectivity index (χ1) is 14.0. The quantitative estimate of drug-likeness (QED) is 0.635. The van der Waals surface area contributed by atoms with Crippen molar-refractivity contribution in [1.82, 2.24) is 0 Å². The van der Waals surface area contributed by atoms with Crippen LogP contribution in [-0.4, -0.2) is 41.4 Å². The molecule has 1 heterocycles. The molecule has 3 rings (SSSR count). The highest BCUT2D eigenvalue weighted by atomic mass is 16.8. The normalized spacial score (nSPS) is 23.0. The minimum Gasteiger partial charge on any atom is -0.396 e. The third-order valence-electron chi connectivity index (χ3n) is 5.86. The average molecular weight is 399 g/mol. The van der Waals surface area contributed by atoms with Crippen LogP contribution in [0.4, 0.5) is 0 Å². The summed E-state index contributed by atoms with van der Waals surface area (Å²) in [6.07, 6.45) is 2.94. The minimum absolute atomic E-state index is 0.0345. The van der Waals surface area contributed by atoms with Crippen LogP contribution in [0.25, 0.3) is 0 Å². The molecule has 2 N–H and O–H groups in total. The lowest BCUT2D eigenvalue weighted by atomic mass is 9.84. The molecule has 29 heavy (non-hydrogen) atoms. The first-order valence-corrected chi connectivity index (χ1v) is 10.7. The van der Waals surface area contributed by atoms with Gasteiger partial charge < -0.3 is 19.7 Å². The molecule has 1 saturated heterocycles. The number of hydrogen-bond acceptors (Lipinski definition) is 4. The van der Waals surface area contributed by atoms with E-state index in [1.165, 1.54) is 11.1 Å². The largest absolute Gasteiger partial charge is 0.396 e. The summed E-state index contributed by atoms with van der Waals surface area (Å²) in [7, 11) is 0. The second-order valence-electron chi connectivity index (χ2n) is 8.50. The molecule has 158 valence electrons. The van der Waals surface area contributed by atoms with Crippen LogP contribution in [0.1, 0.15) is 37.8 Å². The number of hydrogen-bond donors (Lipinski definition) is 2. The second kappa shape index (κ2) is 10.4. The Kier molecular flexibility index (Phi) is 7.84. The molecule has 0 radical (unpaired) electrons. The molecule has 0 spiro atoms. The van der Waals surface area contributed by atoms with Gasteiger partial charge in [-0.1, -0.05) is 60.7 Å². The number of benzene rings is 2. The maximum atomic E-state index is 10.1. The van der Waals surface area contributed by atoms with E-state index in [-0.39, 0.29) is 37.3 Å². The summed E-state index contributed by atoms with van der Waals surface area (Å²) in [5.74, 6) is -0.782. The molecule has 0 bridgehead atoms. The van der Waals surface area contributed by atoms with Gasteiger partial charge in [0.05, 0.1) is 12.2 Å². The van der Waals surface area contributed by atoms with Crippen molar-refractivity contribution in [1.29, 1.82) is 0 Å². The maximum absolute atomic E-state index is 10.1.